The van der Waals surface area contributed by atoms with Crippen LogP contribution in [0.2, 0.25) is 0 Å². The highest BCUT2D eigenvalue weighted by molar-refractivity contribution is 7.89. The van der Waals surface area contributed by atoms with E-state index in [4.69, 9.17) is 9.57 Å². The molecule has 0 radical (unpaired) electrons. The minimum atomic E-state index is -4.03. The van der Waals surface area contributed by atoms with Crippen LogP contribution in [0, 0.1) is 11.6 Å². The number of sulfonamides is 1. The van der Waals surface area contributed by atoms with Gasteiger partial charge >= 0.3 is 12.5 Å². The van der Waals surface area contributed by atoms with Crippen LogP contribution < -0.4 is 9.80 Å². The van der Waals surface area contributed by atoms with Gasteiger partial charge in [0.2, 0.25) is 0 Å². The molecule has 2 aromatic rings. The first kappa shape index (κ1) is 27.5. The fraction of sp³-hybridized carbons (Fsp3) is 0.409. The SMILES string of the molecule is CN(C[C@H]1CN(c2cc(F)c(N3CCON(S(=O)(=O)c4ccncc4)CC3)c(F)c2)C(=O)O1)C(=O)C(F)F. The van der Waals surface area contributed by atoms with Crippen LogP contribution in [-0.4, -0.2) is 93.7 Å². The molecule has 2 fully saturated rings. The van der Waals surface area contributed by atoms with Gasteiger partial charge in [0.25, 0.3) is 15.9 Å². The molecule has 0 N–H and O–H groups in total. The van der Waals surface area contributed by atoms with E-state index < -0.39 is 51.9 Å². The summed E-state index contributed by atoms with van der Waals surface area (Å²) in [5, 5.41) is 0. The Morgan fingerprint density at radius 2 is 1.82 bits per heavy atom. The zero-order chi connectivity index (χ0) is 27.6. The lowest BCUT2D eigenvalue weighted by atomic mass is 10.2. The second kappa shape index (κ2) is 11.1. The highest BCUT2D eigenvalue weighted by Gasteiger charge is 2.36. The Balaban J connectivity index is 1.46. The van der Waals surface area contributed by atoms with Crippen molar-refractivity contribution in [2.45, 2.75) is 17.4 Å². The Labute approximate surface area is 215 Å². The summed E-state index contributed by atoms with van der Waals surface area (Å²) in [6, 6.07) is 4.41. The number of alkyl halides is 2. The molecular formula is C22H23F4N5O6S. The van der Waals surface area contributed by atoms with Gasteiger partial charge in [-0.15, -0.1) is 0 Å². The van der Waals surface area contributed by atoms with Gasteiger partial charge in [-0.25, -0.2) is 22.0 Å². The van der Waals surface area contributed by atoms with Crippen molar-refractivity contribution in [1.82, 2.24) is 14.4 Å². The Bertz CT molecular complexity index is 1280. The number of amides is 2. The zero-order valence-electron chi connectivity index (χ0n) is 20.0. The number of hydroxylamine groups is 1. The number of pyridine rings is 1. The van der Waals surface area contributed by atoms with Gasteiger partial charge in [-0.3, -0.25) is 19.5 Å². The van der Waals surface area contributed by atoms with Gasteiger partial charge in [-0.05, 0) is 12.1 Å². The molecule has 16 heteroatoms. The number of nitrogens with zero attached hydrogens (tertiary/aromatic N) is 5. The smallest absolute Gasteiger partial charge is 0.414 e. The summed E-state index contributed by atoms with van der Waals surface area (Å²) < 4.78 is 86.9. The quantitative estimate of drug-likeness (QED) is 0.471. The standard InChI is InChI=1S/C22H23F4N5O6S/c1-28(21(32)20(25)26)12-15-13-30(22(33)37-15)14-10-17(23)19(18(24)11-14)29-6-7-31(36-9-8-29)38(34,35)16-2-4-27-5-3-16/h2-5,10-11,15,20H,6-9,12-13H2,1H3/t15-/m0/s1. The lowest BCUT2D eigenvalue weighted by molar-refractivity contribution is -0.142. The van der Waals surface area contributed by atoms with Gasteiger partial charge in [0, 0.05) is 44.7 Å². The van der Waals surface area contributed by atoms with Gasteiger partial charge < -0.3 is 14.5 Å². The van der Waals surface area contributed by atoms with E-state index in [0.717, 1.165) is 28.5 Å². The predicted octanol–water partition coefficient (Wildman–Crippen LogP) is 1.85. The topological polar surface area (TPSA) is 113 Å². The minimum Gasteiger partial charge on any atom is -0.442 e. The second-order valence-electron chi connectivity index (χ2n) is 8.43. The number of halogens is 4. The lowest BCUT2D eigenvalue weighted by Gasteiger charge is -2.24. The van der Waals surface area contributed by atoms with E-state index in [1.807, 2.05) is 0 Å². The van der Waals surface area contributed by atoms with Crippen molar-refractivity contribution in [2.75, 3.05) is 56.2 Å². The molecule has 38 heavy (non-hydrogen) atoms. The number of aromatic nitrogens is 1. The maximum Gasteiger partial charge on any atom is 0.414 e. The molecule has 2 saturated heterocycles. The number of likely N-dealkylation sites (N-methyl/N-ethyl adjacent to an activating group) is 1. The Kier molecular flexibility index (Phi) is 8.03. The number of anilines is 2. The fourth-order valence-electron chi connectivity index (χ4n) is 4.07. The maximum atomic E-state index is 15.1. The fourth-order valence-corrected chi connectivity index (χ4v) is 5.31. The number of carbonyl (C=O) groups is 2. The van der Waals surface area contributed by atoms with E-state index in [0.29, 0.717) is 4.90 Å². The zero-order valence-corrected chi connectivity index (χ0v) is 20.8. The van der Waals surface area contributed by atoms with Gasteiger partial charge in [0.1, 0.15) is 11.8 Å². The lowest BCUT2D eigenvalue weighted by Crippen LogP contribution is -2.39. The number of benzene rings is 1. The van der Waals surface area contributed by atoms with Crippen molar-refractivity contribution in [3.05, 3.63) is 48.3 Å². The van der Waals surface area contributed by atoms with E-state index in [-0.39, 0.29) is 49.9 Å². The summed E-state index contributed by atoms with van der Waals surface area (Å²) >= 11 is 0. The van der Waals surface area contributed by atoms with Crippen molar-refractivity contribution in [2.24, 2.45) is 0 Å². The molecule has 0 bridgehead atoms. The summed E-state index contributed by atoms with van der Waals surface area (Å²) in [7, 11) is -2.91. The van der Waals surface area contributed by atoms with E-state index in [1.54, 1.807) is 0 Å². The first-order valence-corrected chi connectivity index (χ1v) is 12.7. The van der Waals surface area contributed by atoms with Gasteiger partial charge in [-0.2, -0.15) is 8.78 Å². The number of cyclic esters (lactones) is 1. The predicted molar refractivity (Wildman–Crippen MR) is 124 cm³/mol. The van der Waals surface area contributed by atoms with Crippen molar-refractivity contribution in [3.8, 4) is 0 Å². The monoisotopic (exact) mass is 561 g/mol. The largest absolute Gasteiger partial charge is 0.442 e. The van der Waals surface area contributed by atoms with E-state index >= 15 is 8.78 Å². The molecule has 206 valence electrons. The molecule has 0 aliphatic carbocycles. The average Bonchev–Trinajstić information content (AvgIpc) is 3.07. The number of rotatable bonds is 7. The molecule has 1 aromatic carbocycles. The Morgan fingerprint density at radius 1 is 1.16 bits per heavy atom. The molecule has 2 amide bonds. The van der Waals surface area contributed by atoms with Crippen LogP contribution in [0.3, 0.4) is 0 Å². The van der Waals surface area contributed by atoms with Crippen LogP contribution in [-0.2, 0) is 24.4 Å². The number of carbonyl (C=O) groups excluding carboxylic acids is 2. The molecule has 3 heterocycles. The van der Waals surface area contributed by atoms with Crippen LogP contribution in [0.1, 0.15) is 0 Å². The van der Waals surface area contributed by atoms with E-state index in [9.17, 15) is 26.8 Å². The third-order valence-electron chi connectivity index (χ3n) is 5.91. The van der Waals surface area contributed by atoms with Crippen molar-refractivity contribution in [3.63, 3.8) is 0 Å². The van der Waals surface area contributed by atoms with Crippen LogP contribution in [0.5, 0.6) is 0 Å². The first-order chi connectivity index (χ1) is 18.0. The van der Waals surface area contributed by atoms with Crippen LogP contribution in [0.4, 0.5) is 33.7 Å². The minimum absolute atomic E-state index is 0.0338. The maximum absolute atomic E-state index is 15.1. The molecule has 1 aromatic heterocycles. The summed E-state index contributed by atoms with van der Waals surface area (Å²) in [6.45, 7) is -1.10. The third kappa shape index (κ3) is 5.66. The van der Waals surface area contributed by atoms with Crippen LogP contribution in [0.15, 0.2) is 41.6 Å². The first-order valence-electron chi connectivity index (χ1n) is 11.3. The molecule has 1 atom stereocenters. The summed E-state index contributed by atoms with van der Waals surface area (Å²) in [6.07, 6.45) is -2.56. The number of hydrogen-bond donors (Lipinski definition) is 0. The summed E-state index contributed by atoms with van der Waals surface area (Å²) in [4.78, 5) is 35.6. The van der Waals surface area contributed by atoms with Gasteiger partial charge in [0.05, 0.1) is 36.8 Å². The molecule has 0 saturated carbocycles. The average molecular weight is 562 g/mol. The highest BCUT2D eigenvalue weighted by Crippen LogP contribution is 2.32. The van der Waals surface area contributed by atoms with Crippen molar-refractivity contribution < 1.29 is 45.1 Å². The van der Waals surface area contributed by atoms with Crippen molar-refractivity contribution >= 4 is 33.4 Å². The van der Waals surface area contributed by atoms with Crippen LogP contribution >= 0.6 is 0 Å². The summed E-state index contributed by atoms with van der Waals surface area (Å²) in [5.74, 6) is -3.49. The number of ether oxygens (including phenoxy) is 1. The molecular weight excluding hydrogens is 538 g/mol. The second-order valence-corrected chi connectivity index (χ2v) is 10.3. The van der Waals surface area contributed by atoms with Crippen molar-refractivity contribution in [1.29, 1.82) is 0 Å². The van der Waals surface area contributed by atoms with E-state index in [1.165, 1.54) is 29.4 Å². The summed E-state index contributed by atoms with van der Waals surface area (Å²) in [5.41, 5.74) is -0.612. The molecule has 2 aliphatic heterocycles. The molecule has 11 nitrogen and oxygen atoms in total. The Morgan fingerprint density at radius 3 is 2.45 bits per heavy atom. The molecule has 2 aliphatic rings. The molecule has 0 unspecified atom stereocenters. The van der Waals surface area contributed by atoms with Gasteiger partial charge in [-0.1, -0.05) is 4.47 Å². The van der Waals surface area contributed by atoms with Gasteiger partial charge in [0.15, 0.2) is 11.6 Å². The van der Waals surface area contributed by atoms with Crippen LogP contribution in [0.25, 0.3) is 0 Å². The highest BCUT2D eigenvalue weighted by atomic mass is 32.2. The molecule has 0 spiro atoms. The third-order valence-corrected chi connectivity index (χ3v) is 7.60. The molecule has 4 rings (SSSR count). The number of hydrogen-bond acceptors (Lipinski definition) is 8. The van der Waals surface area contributed by atoms with E-state index in [2.05, 4.69) is 4.98 Å². The Hall–Kier alpha value is -3.50. The normalized spacial score (nSPS) is 19.0.